The number of nitrogens with one attached hydrogen (secondary N) is 3. The number of carbonyl (C=O) groups is 2. The van der Waals surface area contributed by atoms with Gasteiger partial charge in [-0.1, -0.05) is 52.0 Å². The first kappa shape index (κ1) is 29.6. The van der Waals surface area contributed by atoms with Gasteiger partial charge in [0, 0.05) is 24.0 Å². The third-order valence-electron chi connectivity index (χ3n) is 6.19. The number of hydrogen-bond donors (Lipinski definition) is 3. The molecule has 7 nitrogen and oxygen atoms in total. The number of hydrogen-bond acceptors (Lipinski definition) is 4. The van der Waals surface area contributed by atoms with Gasteiger partial charge in [0.2, 0.25) is 0 Å². The van der Waals surface area contributed by atoms with E-state index in [2.05, 4.69) is 48.6 Å². The maximum absolute atomic E-state index is 13.1. The Hall–Kier alpha value is -3.58. The van der Waals surface area contributed by atoms with E-state index in [1.807, 2.05) is 43.3 Å². The summed E-state index contributed by atoms with van der Waals surface area (Å²) in [5, 5.41) is 9.08. The molecule has 0 saturated heterocycles. The Labute approximate surface area is 225 Å². The minimum Gasteiger partial charge on any atom is -0.497 e. The Bertz CT molecular complexity index is 1160. The maximum atomic E-state index is 13.1. The maximum Gasteiger partial charge on any atom is 0.319 e. The number of rotatable bonds is 9. The average Bonchev–Trinajstić information content (AvgIpc) is 2.88. The van der Waals surface area contributed by atoms with Gasteiger partial charge in [-0.15, -0.1) is 12.4 Å². The van der Waals surface area contributed by atoms with E-state index < -0.39 is 5.54 Å². The average molecular weight is 525 g/mol. The van der Waals surface area contributed by atoms with Crippen molar-refractivity contribution >= 4 is 30.0 Å². The predicted octanol–water partition coefficient (Wildman–Crippen LogP) is 6.23. The largest absolute Gasteiger partial charge is 0.497 e. The summed E-state index contributed by atoms with van der Waals surface area (Å²) in [7, 11) is 1.58. The summed E-state index contributed by atoms with van der Waals surface area (Å²) in [6.45, 7) is 10.4. The summed E-state index contributed by atoms with van der Waals surface area (Å²) in [5.41, 5.74) is 3.16. The van der Waals surface area contributed by atoms with Gasteiger partial charge in [-0.25, -0.2) is 4.79 Å². The van der Waals surface area contributed by atoms with Gasteiger partial charge < -0.3 is 20.7 Å². The minimum atomic E-state index is -0.950. The van der Waals surface area contributed by atoms with Crippen LogP contribution in [0.3, 0.4) is 0 Å². The molecule has 3 rings (SSSR count). The van der Waals surface area contributed by atoms with E-state index in [1.165, 1.54) is 0 Å². The highest BCUT2D eigenvalue weighted by molar-refractivity contribution is 5.95. The molecule has 0 aliphatic carbocycles. The van der Waals surface area contributed by atoms with Crippen molar-refractivity contribution in [3.8, 4) is 5.75 Å². The molecule has 8 heteroatoms. The number of aromatic nitrogens is 1. The van der Waals surface area contributed by atoms with Crippen molar-refractivity contribution in [1.82, 2.24) is 15.6 Å². The number of urea groups is 1. The fraction of sp³-hybridized carbons (Fsp3) is 0.345. The van der Waals surface area contributed by atoms with Crippen LogP contribution in [0.25, 0.3) is 0 Å². The van der Waals surface area contributed by atoms with Gasteiger partial charge in [-0.3, -0.25) is 9.78 Å². The quantitative estimate of drug-likeness (QED) is 0.309. The van der Waals surface area contributed by atoms with Gasteiger partial charge in [0.1, 0.15) is 5.75 Å². The Kier molecular flexibility index (Phi) is 10.5. The predicted molar refractivity (Wildman–Crippen MR) is 151 cm³/mol. The number of amides is 3. The molecule has 1 atom stereocenters. The highest BCUT2D eigenvalue weighted by Crippen LogP contribution is 2.32. The number of nitrogens with zero attached hydrogens (tertiary/aromatic N) is 1. The number of anilines is 1. The van der Waals surface area contributed by atoms with Gasteiger partial charge in [-0.05, 0) is 66.3 Å². The first-order valence-corrected chi connectivity index (χ1v) is 12.2. The first-order valence-electron chi connectivity index (χ1n) is 12.2. The minimum absolute atomic E-state index is 0. The zero-order valence-electron chi connectivity index (χ0n) is 22.3. The van der Waals surface area contributed by atoms with Crippen LogP contribution >= 0.6 is 12.4 Å². The van der Waals surface area contributed by atoms with Crippen LogP contribution in [-0.4, -0.2) is 30.6 Å². The van der Waals surface area contributed by atoms with Crippen molar-refractivity contribution in [3.05, 3.63) is 89.2 Å². The fourth-order valence-corrected chi connectivity index (χ4v) is 4.06. The Morgan fingerprint density at radius 2 is 1.54 bits per heavy atom. The molecule has 1 heterocycles. The molecule has 3 amide bonds. The molecule has 0 saturated carbocycles. The molecule has 0 bridgehead atoms. The summed E-state index contributed by atoms with van der Waals surface area (Å²) >= 11 is 0. The van der Waals surface area contributed by atoms with Gasteiger partial charge in [0.05, 0.1) is 18.3 Å². The number of ether oxygens (including phenoxy) is 1. The van der Waals surface area contributed by atoms with Gasteiger partial charge >= 0.3 is 6.03 Å². The lowest BCUT2D eigenvalue weighted by molar-refractivity contribution is 0.0902. The molecule has 1 aromatic heterocycles. The number of pyridine rings is 1. The van der Waals surface area contributed by atoms with E-state index in [1.54, 1.807) is 37.6 Å². The Morgan fingerprint density at radius 1 is 0.919 bits per heavy atom. The summed E-state index contributed by atoms with van der Waals surface area (Å²) in [6, 6.07) is 18.1. The number of benzene rings is 2. The summed E-state index contributed by atoms with van der Waals surface area (Å²) in [4.78, 5) is 30.7. The summed E-state index contributed by atoms with van der Waals surface area (Å²) in [5.74, 6) is 0.892. The second-order valence-electron chi connectivity index (χ2n) is 9.66. The standard InChI is InChI=1S/C29H36N4O3.ClH/c1-19(2)23-10-9-11-24(20(3)4)26(23)32-28(35)31-18-29(5,25-12-7-8-17-30-25)33-27(34)21-13-15-22(36-6)16-14-21;/h7-17,19-20H,18H2,1-6H3,(H,33,34)(H2,31,32,35);1H. The smallest absolute Gasteiger partial charge is 0.319 e. The molecule has 3 N–H and O–H groups in total. The highest BCUT2D eigenvalue weighted by atomic mass is 35.5. The molecule has 198 valence electrons. The summed E-state index contributed by atoms with van der Waals surface area (Å²) < 4.78 is 5.18. The van der Waals surface area contributed by atoms with Crippen LogP contribution in [0, 0.1) is 0 Å². The molecule has 0 fully saturated rings. The zero-order chi connectivity index (χ0) is 26.3. The van der Waals surface area contributed by atoms with Crippen LogP contribution < -0.4 is 20.7 Å². The third-order valence-corrected chi connectivity index (χ3v) is 6.19. The third kappa shape index (κ3) is 7.46. The lowest BCUT2D eigenvalue weighted by Crippen LogP contribution is -2.52. The normalized spacial score (nSPS) is 12.3. The Morgan fingerprint density at radius 3 is 2.05 bits per heavy atom. The zero-order valence-corrected chi connectivity index (χ0v) is 23.1. The number of methoxy groups -OCH3 is 1. The fourth-order valence-electron chi connectivity index (χ4n) is 4.06. The number of para-hydroxylation sites is 1. The second kappa shape index (κ2) is 13.1. The van der Waals surface area contributed by atoms with Crippen molar-refractivity contribution in [2.24, 2.45) is 0 Å². The second-order valence-corrected chi connectivity index (χ2v) is 9.66. The van der Waals surface area contributed by atoms with E-state index in [-0.39, 0.29) is 42.7 Å². The Balaban J connectivity index is 0.00000481. The van der Waals surface area contributed by atoms with Crippen LogP contribution in [0.2, 0.25) is 0 Å². The lowest BCUT2D eigenvalue weighted by atomic mass is 9.92. The van der Waals surface area contributed by atoms with Gasteiger partial charge in [0.15, 0.2) is 0 Å². The van der Waals surface area contributed by atoms with Crippen molar-refractivity contribution < 1.29 is 14.3 Å². The van der Waals surface area contributed by atoms with Crippen LogP contribution in [0.4, 0.5) is 10.5 Å². The molecule has 0 radical (unpaired) electrons. The van der Waals surface area contributed by atoms with E-state index in [9.17, 15) is 9.59 Å². The SMILES string of the molecule is COc1ccc(C(=O)NC(C)(CNC(=O)Nc2c(C(C)C)cccc2C(C)C)c2ccccn2)cc1.Cl. The van der Waals surface area contributed by atoms with E-state index in [4.69, 9.17) is 4.74 Å². The molecular weight excluding hydrogens is 488 g/mol. The first-order chi connectivity index (χ1) is 17.1. The lowest BCUT2D eigenvalue weighted by Gasteiger charge is -2.31. The molecular formula is C29H37ClN4O3. The van der Waals surface area contributed by atoms with Crippen molar-refractivity contribution in [1.29, 1.82) is 0 Å². The van der Waals surface area contributed by atoms with Crippen molar-refractivity contribution in [2.75, 3.05) is 19.0 Å². The topological polar surface area (TPSA) is 92.4 Å². The molecule has 0 aliphatic rings. The molecule has 0 spiro atoms. The monoisotopic (exact) mass is 524 g/mol. The van der Waals surface area contributed by atoms with Gasteiger partial charge in [0.25, 0.3) is 5.91 Å². The van der Waals surface area contributed by atoms with Crippen LogP contribution in [0.1, 0.15) is 73.6 Å². The van der Waals surface area contributed by atoms with E-state index in [0.717, 1.165) is 16.8 Å². The van der Waals surface area contributed by atoms with Gasteiger partial charge in [-0.2, -0.15) is 0 Å². The van der Waals surface area contributed by atoms with Crippen LogP contribution in [-0.2, 0) is 5.54 Å². The van der Waals surface area contributed by atoms with Crippen LogP contribution in [0.15, 0.2) is 66.9 Å². The molecule has 0 aliphatic heterocycles. The molecule has 3 aromatic rings. The molecule has 1 unspecified atom stereocenters. The number of carbonyl (C=O) groups excluding carboxylic acids is 2. The van der Waals surface area contributed by atoms with Crippen LogP contribution in [0.5, 0.6) is 5.75 Å². The molecule has 37 heavy (non-hydrogen) atoms. The number of halogens is 1. The summed E-state index contributed by atoms with van der Waals surface area (Å²) in [6.07, 6.45) is 1.67. The van der Waals surface area contributed by atoms with Crippen molar-refractivity contribution in [3.63, 3.8) is 0 Å². The van der Waals surface area contributed by atoms with E-state index in [0.29, 0.717) is 17.0 Å². The highest BCUT2D eigenvalue weighted by Gasteiger charge is 2.31. The molecule has 2 aromatic carbocycles. The van der Waals surface area contributed by atoms with Crippen molar-refractivity contribution in [2.45, 2.75) is 52.0 Å². The van der Waals surface area contributed by atoms with E-state index >= 15 is 0 Å².